The fraction of sp³-hybridized carbons (Fsp3) is 0.333. The first-order chi connectivity index (χ1) is 6.56. The number of nitro groups is 1. The van der Waals surface area contributed by atoms with Crippen molar-refractivity contribution in [1.29, 1.82) is 0 Å². The van der Waals surface area contributed by atoms with Gasteiger partial charge in [0.2, 0.25) is 0 Å². The van der Waals surface area contributed by atoms with Gasteiger partial charge in [-0.15, -0.1) is 0 Å². The Balaban J connectivity index is 3.24. The van der Waals surface area contributed by atoms with Crippen LogP contribution in [0.3, 0.4) is 0 Å². The van der Waals surface area contributed by atoms with Gasteiger partial charge in [0, 0.05) is 10.5 Å². The quantitative estimate of drug-likeness (QED) is 0.619. The van der Waals surface area contributed by atoms with Crippen molar-refractivity contribution < 1.29 is 9.66 Å². The van der Waals surface area contributed by atoms with Gasteiger partial charge in [0.25, 0.3) is 0 Å². The fourth-order valence-electron chi connectivity index (χ4n) is 1.06. The third-order valence-electron chi connectivity index (χ3n) is 1.74. The highest BCUT2D eigenvalue weighted by Gasteiger charge is 2.16. The molecule has 0 aliphatic heterocycles. The molecule has 0 aliphatic carbocycles. The molecule has 76 valence electrons. The molecule has 1 aromatic rings. The van der Waals surface area contributed by atoms with Gasteiger partial charge >= 0.3 is 5.69 Å². The third-order valence-corrected chi connectivity index (χ3v) is 2.59. The number of hydrogen-bond donors (Lipinski definition) is 0. The zero-order chi connectivity index (χ0) is 10.7. The van der Waals surface area contributed by atoms with Gasteiger partial charge in [-0.25, -0.2) is 0 Å². The molecule has 0 aromatic heterocycles. The highest BCUT2D eigenvalue weighted by atomic mass is 79.9. The molecule has 0 fully saturated rings. The number of benzene rings is 1. The van der Waals surface area contributed by atoms with Crippen LogP contribution in [0.4, 0.5) is 5.69 Å². The summed E-state index contributed by atoms with van der Waals surface area (Å²) in [6, 6.07) is 3.12. The van der Waals surface area contributed by atoms with E-state index in [4.69, 9.17) is 4.74 Å². The maximum absolute atomic E-state index is 10.7. The highest BCUT2D eigenvalue weighted by Crippen LogP contribution is 2.32. The van der Waals surface area contributed by atoms with E-state index in [-0.39, 0.29) is 5.69 Å². The smallest absolute Gasteiger partial charge is 0.312 e. The van der Waals surface area contributed by atoms with Crippen molar-refractivity contribution in [2.45, 2.75) is 13.8 Å². The Morgan fingerprint density at radius 2 is 2.21 bits per heavy atom. The van der Waals surface area contributed by atoms with Gasteiger partial charge in [-0.05, 0) is 25.5 Å². The summed E-state index contributed by atoms with van der Waals surface area (Å²) in [5.41, 5.74) is 0.906. The second kappa shape index (κ2) is 4.41. The molecule has 0 saturated heterocycles. The number of ether oxygens (including phenoxy) is 1. The lowest BCUT2D eigenvalue weighted by molar-refractivity contribution is -0.385. The number of nitrogens with zero attached hydrogens (tertiary/aromatic N) is 1. The van der Waals surface area contributed by atoms with Crippen molar-refractivity contribution in [2.75, 3.05) is 6.61 Å². The molecule has 0 spiro atoms. The number of rotatable bonds is 3. The van der Waals surface area contributed by atoms with Crippen LogP contribution in [0, 0.1) is 17.0 Å². The molecule has 14 heavy (non-hydrogen) atoms. The summed E-state index contributed by atoms with van der Waals surface area (Å²) in [5.74, 6) is 0.318. The summed E-state index contributed by atoms with van der Waals surface area (Å²) < 4.78 is 5.89. The molecule has 0 atom stereocenters. The highest BCUT2D eigenvalue weighted by molar-refractivity contribution is 9.10. The van der Waals surface area contributed by atoms with Crippen LogP contribution in [-0.4, -0.2) is 11.5 Å². The largest absolute Gasteiger partial charge is 0.487 e. The van der Waals surface area contributed by atoms with E-state index in [9.17, 15) is 10.1 Å². The van der Waals surface area contributed by atoms with E-state index in [1.54, 1.807) is 13.0 Å². The lowest BCUT2D eigenvalue weighted by Gasteiger charge is -2.06. The molecule has 1 aromatic carbocycles. The number of hydrogen-bond acceptors (Lipinski definition) is 3. The normalized spacial score (nSPS) is 9.93. The number of halogens is 1. The Kier molecular flexibility index (Phi) is 3.46. The van der Waals surface area contributed by atoms with Crippen molar-refractivity contribution in [3.63, 3.8) is 0 Å². The molecule has 4 nitrogen and oxygen atoms in total. The average Bonchev–Trinajstić information content (AvgIpc) is 2.11. The lowest BCUT2D eigenvalue weighted by Crippen LogP contribution is -1.98. The molecule has 0 amide bonds. The fourth-order valence-corrected chi connectivity index (χ4v) is 1.39. The zero-order valence-electron chi connectivity index (χ0n) is 7.91. The lowest BCUT2D eigenvalue weighted by atomic mass is 10.2. The number of aryl methyl sites for hydroxylation is 1. The molecule has 0 aliphatic rings. The summed E-state index contributed by atoms with van der Waals surface area (Å²) in [4.78, 5) is 10.2. The maximum atomic E-state index is 10.7. The summed E-state index contributed by atoms with van der Waals surface area (Å²) in [6.45, 7) is 4.07. The van der Waals surface area contributed by atoms with Gasteiger partial charge in [-0.3, -0.25) is 10.1 Å². The van der Waals surface area contributed by atoms with Crippen molar-refractivity contribution in [2.24, 2.45) is 0 Å². The molecule has 0 radical (unpaired) electrons. The SMILES string of the molecule is CCOc1cc(C)c(Br)cc1[N+](=O)[O-]. The minimum absolute atomic E-state index is 0.00988. The standard InChI is InChI=1S/C9H10BrNO3/c1-3-14-9-4-6(2)7(10)5-8(9)11(12)13/h4-5H,3H2,1-2H3. The van der Waals surface area contributed by atoms with Crippen LogP contribution in [0.5, 0.6) is 5.75 Å². The van der Waals surface area contributed by atoms with Gasteiger partial charge in [0.15, 0.2) is 5.75 Å². The van der Waals surface area contributed by atoms with E-state index in [0.29, 0.717) is 16.8 Å². The molecule has 0 unspecified atom stereocenters. The second-order valence-electron chi connectivity index (χ2n) is 2.76. The Hall–Kier alpha value is -1.10. The Morgan fingerprint density at radius 3 is 2.71 bits per heavy atom. The minimum atomic E-state index is -0.449. The van der Waals surface area contributed by atoms with Gasteiger partial charge in [0.05, 0.1) is 11.5 Å². The van der Waals surface area contributed by atoms with E-state index < -0.39 is 4.92 Å². The molecule has 0 bridgehead atoms. The second-order valence-corrected chi connectivity index (χ2v) is 3.61. The number of nitro benzene ring substituents is 1. The summed E-state index contributed by atoms with van der Waals surface area (Å²) in [7, 11) is 0. The van der Waals surface area contributed by atoms with Crippen LogP contribution in [0.1, 0.15) is 12.5 Å². The van der Waals surface area contributed by atoms with Crippen LogP contribution >= 0.6 is 15.9 Å². The predicted octanol–water partition coefficient (Wildman–Crippen LogP) is 3.06. The van der Waals surface area contributed by atoms with Gasteiger partial charge in [-0.2, -0.15) is 0 Å². The first-order valence-electron chi connectivity index (χ1n) is 4.13. The topological polar surface area (TPSA) is 52.4 Å². The minimum Gasteiger partial charge on any atom is -0.487 e. The van der Waals surface area contributed by atoms with E-state index in [0.717, 1.165) is 5.56 Å². The predicted molar refractivity (Wildman–Crippen MR) is 56.7 cm³/mol. The summed E-state index contributed by atoms with van der Waals surface area (Å²) in [5, 5.41) is 10.7. The van der Waals surface area contributed by atoms with Crippen molar-refractivity contribution in [1.82, 2.24) is 0 Å². The van der Waals surface area contributed by atoms with Crippen molar-refractivity contribution in [3.8, 4) is 5.75 Å². The van der Waals surface area contributed by atoms with Crippen molar-refractivity contribution >= 4 is 21.6 Å². The van der Waals surface area contributed by atoms with Crippen molar-refractivity contribution in [3.05, 3.63) is 32.3 Å². The van der Waals surface area contributed by atoms with Gasteiger partial charge in [0.1, 0.15) is 0 Å². The van der Waals surface area contributed by atoms with Crippen LogP contribution in [0.2, 0.25) is 0 Å². The van der Waals surface area contributed by atoms with E-state index >= 15 is 0 Å². The first-order valence-corrected chi connectivity index (χ1v) is 4.93. The summed E-state index contributed by atoms with van der Waals surface area (Å²) >= 11 is 3.24. The van der Waals surface area contributed by atoms with E-state index in [1.165, 1.54) is 6.07 Å². The van der Waals surface area contributed by atoms with Crippen LogP contribution in [-0.2, 0) is 0 Å². The zero-order valence-corrected chi connectivity index (χ0v) is 9.50. The van der Waals surface area contributed by atoms with E-state index in [1.807, 2.05) is 6.92 Å². The molecule has 5 heteroatoms. The molecule has 0 N–H and O–H groups in total. The Labute approximate surface area is 90.2 Å². The first kappa shape index (κ1) is 11.0. The average molecular weight is 260 g/mol. The molecule has 0 heterocycles. The molecule has 0 saturated carbocycles. The van der Waals surface area contributed by atoms with Crippen LogP contribution in [0.15, 0.2) is 16.6 Å². The van der Waals surface area contributed by atoms with E-state index in [2.05, 4.69) is 15.9 Å². The Morgan fingerprint density at radius 1 is 1.57 bits per heavy atom. The van der Waals surface area contributed by atoms with Gasteiger partial charge in [-0.1, -0.05) is 15.9 Å². The molecular weight excluding hydrogens is 250 g/mol. The van der Waals surface area contributed by atoms with Crippen LogP contribution < -0.4 is 4.74 Å². The van der Waals surface area contributed by atoms with Crippen LogP contribution in [0.25, 0.3) is 0 Å². The maximum Gasteiger partial charge on any atom is 0.312 e. The molecule has 1 rings (SSSR count). The Bertz CT molecular complexity index is 365. The summed E-state index contributed by atoms with van der Waals surface area (Å²) in [6.07, 6.45) is 0. The monoisotopic (exact) mass is 259 g/mol. The molecular formula is C9H10BrNO3. The third kappa shape index (κ3) is 2.23. The van der Waals surface area contributed by atoms with Gasteiger partial charge < -0.3 is 4.74 Å².